The molecule has 16 heavy (non-hydrogen) atoms. The van der Waals surface area contributed by atoms with E-state index >= 15 is 0 Å². The number of ether oxygens (including phenoxy) is 1. The van der Waals surface area contributed by atoms with Crippen molar-refractivity contribution in [2.24, 2.45) is 0 Å². The third kappa shape index (κ3) is 3.31. The van der Waals surface area contributed by atoms with Gasteiger partial charge in [-0.3, -0.25) is 9.59 Å². The Hall–Kier alpha value is -0.880. The van der Waals surface area contributed by atoms with Crippen LogP contribution in [0.4, 0.5) is 0 Å². The lowest BCUT2D eigenvalue weighted by atomic mass is 10.3. The quantitative estimate of drug-likeness (QED) is 0.830. The summed E-state index contributed by atoms with van der Waals surface area (Å²) >= 11 is 6.09. The van der Waals surface area contributed by atoms with Crippen LogP contribution >= 0.6 is 31.9 Å². The maximum Gasteiger partial charge on any atom is 0.302 e. The van der Waals surface area contributed by atoms with Crippen LogP contribution in [0.3, 0.4) is 0 Å². The average Bonchev–Trinajstić information content (AvgIpc) is 2.30. The number of aromatic hydroxyl groups is 1. The molecule has 0 heterocycles. The zero-order valence-electron chi connectivity index (χ0n) is 8.29. The first-order valence-electron chi connectivity index (χ1n) is 4.26. The summed E-state index contributed by atoms with van der Waals surface area (Å²) in [5, 5.41) is 9.45. The topological polar surface area (TPSA) is 63.6 Å². The van der Waals surface area contributed by atoms with E-state index in [1.807, 2.05) is 0 Å². The van der Waals surface area contributed by atoms with Gasteiger partial charge in [-0.25, -0.2) is 0 Å². The summed E-state index contributed by atoms with van der Waals surface area (Å²) in [6.45, 7) is 1.34. The monoisotopic (exact) mass is 350 g/mol. The minimum Gasteiger partial charge on any atom is -0.503 e. The molecule has 1 aromatic carbocycles. The van der Waals surface area contributed by atoms with Crippen LogP contribution in [0.2, 0.25) is 0 Å². The van der Waals surface area contributed by atoms with Crippen molar-refractivity contribution in [2.45, 2.75) is 13.5 Å². The van der Waals surface area contributed by atoms with Crippen LogP contribution < -0.4 is 5.43 Å². The predicted octanol–water partition coefficient (Wildman–Crippen LogP) is 2.34. The van der Waals surface area contributed by atoms with Gasteiger partial charge in [-0.2, -0.15) is 0 Å². The normalized spacial score (nSPS) is 9.94. The van der Waals surface area contributed by atoms with Crippen LogP contribution in [0.25, 0.3) is 0 Å². The molecule has 0 saturated heterocycles. The first-order valence-corrected chi connectivity index (χ1v) is 5.85. The molecule has 0 bridgehead atoms. The fraction of sp³-hybridized carbons (Fsp3) is 0.200. The lowest BCUT2D eigenvalue weighted by molar-refractivity contribution is -0.142. The standard InChI is InChI=1S/C10H8Br2O4/c1-5(13)16-4-6-2-7(11)9(14)10(15)8(12)3-6/h2-3H,4H2,1H3,(H,14,15). The van der Waals surface area contributed by atoms with Crippen LogP contribution in [-0.2, 0) is 16.1 Å². The molecule has 0 fully saturated rings. The van der Waals surface area contributed by atoms with E-state index in [0.29, 0.717) is 5.56 Å². The SMILES string of the molecule is CC(=O)OCc1cc(Br)c(O)c(=O)c(Br)c1. The number of hydrogen-bond acceptors (Lipinski definition) is 4. The summed E-state index contributed by atoms with van der Waals surface area (Å²) in [6, 6.07) is 3.01. The third-order valence-corrected chi connectivity index (χ3v) is 2.92. The van der Waals surface area contributed by atoms with Crippen molar-refractivity contribution < 1.29 is 14.6 Å². The van der Waals surface area contributed by atoms with Crippen LogP contribution in [0.5, 0.6) is 5.75 Å². The van der Waals surface area contributed by atoms with Gasteiger partial charge < -0.3 is 9.84 Å². The van der Waals surface area contributed by atoms with Crippen LogP contribution in [0, 0.1) is 0 Å². The van der Waals surface area contributed by atoms with Crippen molar-refractivity contribution in [3.05, 3.63) is 36.9 Å². The molecule has 0 aliphatic heterocycles. The summed E-state index contributed by atoms with van der Waals surface area (Å²) in [6.07, 6.45) is 0. The van der Waals surface area contributed by atoms with Crippen molar-refractivity contribution in [1.29, 1.82) is 0 Å². The molecular weight excluding hydrogens is 344 g/mol. The molecule has 0 amide bonds. The van der Waals surface area contributed by atoms with E-state index in [9.17, 15) is 14.7 Å². The van der Waals surface area contributed by atoms with Gasteiger partial charge in [-0.15, -0.1) is 0 Å². The highest BCUT2D eigenvalue weighted by Crippen LogP contribution is 2.22. The zero-order valence-corrected chi connectivity index (χ0v) is 11.5. The van der Waals surface area contributed by atoms with Gasteiger partial charge in [0.05, 0.1) is 8.95 Å². The fourth-order valence-electron chi connectivity index (χ4n) is 0.991. The van der Waals surface area contributed by atoms with E-state index in [4.69, 9.17) is 4.74 Å². The molecule has 0 atom stereocenters. The molecular formula is C10H8Br2O4. The van der Waals surface area contributed by atoms with Crippen LogP contribution in [0.1, 0.15) is 12.5 Å². The maximum absolute atomic E-state index is 11.4. The van der Waals surface area contributed by atoms with E-state index in [2.05, 4.69) is 31.9 Å². The van der Waals surface area contributed by atoms with Gasteiger partial charge in [-0.1, -0.05) is 0 Å². The number of carbonyl (C=O) groups excluding carboxylic acids is 1. The van der Waals surface area contributed by atoms with E-state index in [0.717, 1.165) is 0 Å². The average molecular weight is 352 g/mol. The Kier molecular flexibility index (Phi) is 4.49. The number of esters is 1. The molecule has 0 aliphatic rings. The number of carbonyl (C=O) groups is 1. The zero-order chi connectivity index (χ0) is 12.3. The highest BCUT2D eigenvalue weighted by molar-refractivity contribution is 9.11. The Morgan fingerprint density at radius 2 is 1.94 bits per heavy atom. The second-order valence-corrected chi connectivity index (χ2v) is 4.73. The van der Waals surface area contributed by atoms with Crippen molar-refractivity contribution in [2.75, 3.05) is 0 Å². The van der Waals surface area contributed by atoms with E-state index < -0.39 is 11.4 Å². The van der Waals surface area contributed by atoms with E-state index in [1.54, 1.807) is 0 Å². The first-order chi connectivity index (χ1) is 7.41. The summed E-state index contributed by atoms with van der Waals surface area (Å²) in [5.74, 6) is -0.800. The Labute approximate surface area is 109 Å². The smallest absolute Gasteiger partial charge is 0.302 e. The second-order valence-electron chi connectivity index (χ2n) is 3.02. The molecule has 4 nitrogen and oxygen atoms in total. The van der Waals surface area contributed by atoms with Crippen molar-refractivity contribution in [3.63, 3.8) is 0 Å². The Balaban J connectivity index is 3.20. The maximum atomic E-state index is 11.4. The van der Waals surface area contributed by atoms with E-state index in [-0.39, 0.29) is 21.3 Å². The van der Waals surface area contributed by atoms with Gasteiger partial charge in [0.25, 0.3) is 0 Å². The lowest BCUT2D eigenvalue weighted by Crippen LogP contribution is -1.99. The molecule has 0 radical (unpaired) electrons. The molecule has 0 unspecified atom stereocenters. The number of hydrogen-bond donors (Lipinski definition) is 1. The van der Waals surface area contributed by atoms with Gasteiger partial charge in [0.2, 0.25) is 5.43 Å². The van der Waals surface area contributed by atoms with E-state index in [1.165, 1.54) is 19.1 Å². The summed E-state index contributed by atoms with van der Waals surface area (Å²) in [7, 11) is 0. The number of halogens is 2. The molecule has 86 valence electrons. The molecule has 0 aromatic heterocycles. The molecule has 0 aliphatic carbocycles. The molecule has 1 aromatic rings. The lowest BCUT2D eigenvalue weighted by Gasteiger charge is -1.99. The summed E-state index contributed by atoms with van der Waals surface area (Å²) in [5.41, 5.74) is 0.0623. The Morgan fingerprint density at radius 1 is 1.38 bits per heavy atom. The van der Waals surface area contributed by atoms with Gasteiger partial charge in [0.1, 0.15) is 6.61 Å². The molecule has 1 rings (SSSR count). The van der Waals surface area contributed by atoms with Gasteiger partial charge >= 0.3 is 5.97 Å². The van der Waals surface area contributed by atoms with Crippen LogP contribution in [0.15, 0.2) is 25.9 Å². The number of rotatable bonds is 2. The van der Waals surface area contributed by atoms with Crippen molar-refractivity contribution in [1.82, 2.24) is 0 Å². The van der Waals surface area contributed by atoms with Crippen molar-refractivity contribution >= 4 is 37.8 Å². The second kappa shape index (κ2) is 5.45. The Bertz CT molecular complexity index is 485. The minimum absolute atomic E-state index is 0.0418. The highest BCUT2D eigenvalue weighted by Gasteiger charge is 2.07. The molecule has 0 spiro atoms. The summed E-state index contributed by atoms with van der Waals surface area (Å²) in [4.78, 5) is 22.1. The van der Waals surface area contributed by atoms with Gasteiger partial charge in [0.15, 0.2) is 5.75 Å². The first kappa shape index (κ1) is 13.2. The third-order valence-electron chi connectivity index (χ3n) is 1.72. The molecule has 1 N–H and O–H groups in total. The van der Waals surface area contributed by atoms with Gasteiger partial charge in [0, 0.05) is 6.92 Å². The molecule has 6 heteroatoms. The predicted molar refractivity (Wildman–Crippen MR) is 65.2 cm³/mol. The molecule has 0 saturated carbocycles. The highest BCUT2D eigenvalue weighted by atomic mass is 79.9. The minimum atomic E-state index is -0.527. The van der Waals surface area contributed by atoms with Crippen molar-refractivity contribution in [3.8, 4) is 5.75 Å². The summed E-state index contributed by atoms with van der Waals surface area (Å²) < 4.78 is 5.26. The largest absolute Gasteiger partial charge is 0.503 e. The fourth-order valence-corrected chi connectivity index (χ4v) is 1.95. The van der Waals surface area contributed by atoms with Gasteiger partial charge in [-0.05, 0) is 49.6 Å². The van der Waals surface area contributed by atoms with Crippen LogP contribution in [-0.4, -0.2) is 11.1 Å². The Morgan fingerprint density at radius 3 is 2.50 bits per heavy atom.